The van der Waals surface area contributed by atoms with Crippen molar-refractivity contribution in [2.75, 3.05) is 5.73 Å². The van der Waals surface area contributed by atoms with E-state index in [1.54, 1.807) is 18.2 Å². The average Bonchev–Trinajstić information content (AvgIpc) is 2.42. The number of benzene rings is 2. The molecule has 0 fully saturated rings. The summed E-state index contributed by atoms with van der Waals surface area (Å²) < 4.78 is 5.30. The molecular formula is C16H17NO2. The van der Waals surface area contributed by atoms with Crippen LogP contribution >= 0.6 is 0 Å². The van der Waals surface area contributed by atoms with E-state index < -0.39 is 5.97 Å². The number of rotatable bonds is 4. The SMILES string of the molecule is CCCc1cccc(C(=O)Oc2ccccc2)c1N. The third-order valence-corrected chi connectivity index (χ3v) is 2.89. The van der Waals surface area contributed by atoms with Crippen molar-refractivity contribution in [3.63, 3.8) is 0 Å². The summed E-state index contributed by atoms with van der Waals surface area (Å²) in [4.78, 5) is 12.1. The van der Waals surface area contributed by atoms with Crippen molar-refractivity contribution in [3.05, 3.63) is 59.7 Å². The van der Waals surface area contributed by atoms with Gasteiger partial charge in [-0.1, -0.05) is 43.7 Å². The van der Waals surface area contributed by atoms with Crippen LogP contribution in [0.25, 0.3) is 0 Å². The Hall–Kier alpha value is -2.29. The van der Waals surface area contributed by atoms with Gasteiger partial charge in [-0.25, -0.2) is 4.79 Å². The third-order valence-electron chi connectivity index (χ3n) is 2.89. The summed E-state index contributed by atoms with van der Waals surface area (Å²) in [7, 11) is 0. The average molecular weight is 255 g/mol. The summed E-state index contributed by atoms with van der Waals surface area (Å²) >= 11 is 0. The van der Waals surface area contributed by atoms with Gasteiger partial charge in [-0.15, -0.1) is 0 Å². The maximum Gasteiger partial charge on any atom is 0.345 e. The van der Waals surface area contributed by atoms with Crippen LogP contribution in [0.1, 0.15) is 29.3 Å². The molecule has 3 heteroatoms. The lowest BCUT2D eigenvalue weighted by Gasteiger charge is -2.10. The van der Waals surface area contributed by atoms with Crippen LogP contribution < -0.4 is 10.5 Å². The van der Waals surface area contributed by atoms with Crippen LogP contribution in [0.5, 0.6) is 5.75 Å². The van der Waals surface area contributed by atoms with Crippen LogP contribution in [-0.2, 0) is 6.42 Å². The summed E-state index contributed by atoms with van der Waals surface area (Å²) in [5, 5.41) is 0. The first kappa shape index (κ1) is 13.1. The summed E-state index contributed by atoms with van der Waals surface area (Å²) in [6, 6.07) is 14.5. The zero-order valence-electron chi connectivity index (χ0n) is 10.9. The molecule has 0 aliphatic carbocycles. The van der Waals surface area contributed by atoms with E-state index in [4.69, 9.17) is 10.5 Å². The molecule has 0 spiro atoms. The lowest BCUT2D eigenvalue weighted by Crippen LogP contribution is -2.12. The molecule has 0 saturated heterocycles. The van der Waals surface area contributed by atoms with E-state index in [-0.39, 0.29) is 0 Å². The van der Waals surface area contributed by atoms with E-state index in [0.717, 1.165) is 18.4 Å². The molecule has 2 rings (SSSR count). The molecule has 0 aliphatic heterocycles. The minimum absolute atomic E-state index is 0.415. The number of esters is 1. The zero-order valence-corrected chi connectivity index (χ0v) is 10.9. The van der Waals surface area contributed by atoms with Gasteiger partial charge in [0.1, 0.15) is 5.75 Å². The van der Waals surface area contributed by atoms with Crippen LogP contribution in [0.4, 0.5) is 5.69 Å². The lowest BCUT2D eigenvalue weighted by atomic mass is 10.0. The third kappa shape index (κ3) is 3.13. The summed E-state index contributed by atoms with van der Waals surface area (Å²) in [6.07, 6.45) is 1.85. The second kappa shape index (κ2) is 6.05. The highest BCUT2D eigenvalue weighted by molar-refractivity contribution is 5.97. The first-order valence-electron chi connectivity index (χ1n) is 6.37. The number of anilines is 1. The van der Waals surface area contributed by atoms with E-state index >= 15 is 0 Å². The number of aryl methyl sites for hydroxylation is 1. The summed E-state index contributed by atoms with van der Waals surface area (Å²) in [5.41, 5.74) is 7.96. The van der Waals surface area contributed by atoms with Crippen molar-refractivity contribution >= 4 is 11.7 Å². The largest absolute Gasteiger partial charge is 0.423 e. The fourth-order valence-electron chi connectivity index (χ4n) is 1.93. The molecule has 2 N–H and O–H groups in total. The lowest BCUT2D eigenvalue weighted by molar-refractivity contribution is 0.0736. The molecular weight excluding hydrogens is 238 g/mol. The first-order chi connectivity index (χ1) is 9.22. The molecule has 0 aromatic heterocycles. The maximum atomic E-state index is 12.1. The van der Waals surface area contributed by atoms with E-state index in [2.05, 4.69) is 6.92 Å². The fraction of sp³-hybridized carbons (Fsp3) is 0.188. The Morgan fingerprint density at radius 1 is 1.11 bits per heavy atom. The molecule has 0 radical (unpaired) electrons. The Morgan fingerprint density at radius 2 is 1.84 bits per heavy atom. The molecule has 19 heavy (non-hydrogen) atoms. The summed E-state index contributed by atoms with van der Waals surface area (Å²) in [6.45, 7) is 2.08. The van der Waals surface area contributed by atoms with Gasteiger partial charge in [0.05, 0.1) is 5.56 Å². The molecule has 0 unspecified atom stereocenters. The monoisotopic (exact) mass is 255 g/mol. The molecule has 98 valence electrons. The van der Waals surface area contributed by atoms with Crippen LogP contribution in [0.3, 0.4) is 0 Å². The first-order valence-corrected chi connectivity index (χ1v) is 6.37. The van der Waals surface area contributed by atoms with Crippen molar-refractivity contribution < 1.29 is 9.53 Å². The number of ether oxygens (including phenoxy) is 1. The van der Waals surface area contributed by atoms with Gasteiger partial charge in [0.25, 0.3) is 0 Å². The van der Waals surface area contributed by atoms with Gasteiger partial charge in [-0.2, -0.15) is 0 Å². The molecule has 0 bridgehead atoms. The minimum Gasteiger partial charge on any atom is -0.423 e. The van der Waals surface area contributed by atoms with E-state index in [1.807, 2.05) is 30.3 Å². The Balaban J connectivity index is 2.22. The van der Waals surface area contributed by atoms with Crippen molar-refractivity contribution in [2.24, 2.45) is 0 Å². The van der Waals surface area contributed by atoms with E-state index in [1.165, 1.54) is 0 Å². The highest BCUT2D eigenvalue weighted by Crippen LogP contribution is 2.21. The van der Waals surface area contributed by atoms with Gasteiger partial charge in [-0.3, -0.25) is 0 Å². The molecule has 0 aliphatic rings. The number of para-hydroxylation sites is 2. The van der Waals surface area contributed by atoms with Crippen molar-refractivity contribution in [2.45, 2.75) is 19.8 Å². The van der Waals surface area contributed by atoms with Gasteiger partial charge in [0.15, 0.2) is 0 Å². The van der Waals surface area contributed by atoms with Crippen LogP contribution in [0, 0.1) is 0 Å². The molecule has 2 aromatic carbocycles. The highest BCUT2D eigenvalue weighted by Gasteiger charge is 2.14. The predicted octanol–water partition coefficient (Wildman–Crippen LogP) is 3.44. The number of carbonyl (C=O) groups is 1. The highest BCUT2D eigenvalue weighted by atomic mass is 16.5. The number of nitrogen functional groups attached to an aromatic ring is 1. The van der Waals surface area contributed by atoms with Crippen LogP contribution in [0.15, 0.2) is 48.5 Å². The number of nitrogens with two attached hydrogens (primary N) is 1. The van der Waals surface area contributed by atoms with Crippen molar-refractivity contribution in [3.8, 4) is 5.75 Å². The Kier molecular flexibility index (Phi) is 4.18. The zero-order chi connectivity index (χ0) is 13.7. The normalized spacial score (nSPS) is 10.2. The topological polar surface area (TPSA) is 52.3 Å². The molecule has 0 saturated carbocycles. The van der Waals surface area contributed by atoms with Gasteiger partial charge in [-0.05, 0) is 30.2 Å². The van der Waals surface area contributed by atoms with Gasteiger partial charge < -0.3 is 10.5 Å². The van der Waals surface area contributed by atoms with Crippen molar-refractivity contribution in [1.82, 2.24) is 0 Å². The van der Waals surface area contributed by atoms with Crippen LogP contribution in [0.2, 0.25) is 0 Å². The Morgan fingerprint density at radius 3 is 2.53 bits per heavy atom. The van der Waals surface area contributed by atoms with Crippen LogP contribution in [-0.4, -0.2) is 5.97 Å². The summed E-state index contributed by atoms with van der Waals surface area (Å²) in [5.74, 6) is 0.106. The quantitative estimate of drug-likeness (QED) is 0.517. The Labute approximate surface area is 113 Å². The second-order valence-corrected chi connectivity index (χ2v) is 4.33. The second-order valence-electron chi connectivity index (χ2n) is 4.33. The standard InChI is InChI=1S/C16H17NO2/c1-2-7-12-8-6-11-14(15(12)17)16(18)19-13-9-4-3-5-10-13/h3-6,8-11H,2,7,17H2,1H3. The molecule has 0 amide bonds. The smallest absolute Gasteiger partial charge is 0.345 e. The van der Waals surface area contributed by atoms with E-state index in [9.17, 15) is 4.79 Å². The predicted molar refractivity (Wildman–Crippen MR) is 76.2 cm³/mol. The van der Waals surface area contributed by atoms with Gasteiger partial charge in [0, 0.05) is 5.69 Å². The number of hydrogen-bond donors (Lipinski definition) is 1. The minimum atomic E-state index is -0.415. The van der Waals surface area contributed by atoms with Crippen molar-refractivity contribution in [1.29, 1.82) is 0 Å². The van der Waals surface area contributed by atoms with E-state index in [0.29, 0.717) is 17.0 Å². The van der Waals surface area contributed by atoms with Gasteiger partial charge in [0.2, 0.25) is 0 Å². The fourth-order valence-corrected chi connectivity index (χ4v) is 1.93. The molecule has 2 aromatic rings. The molecule has 0 heterocycles. The van der Waals surface area contributed by atoms with Gasteiger partial charge >= 0.3 is 5.97 Å². The molecule has 0 atom stereocenters. The number of hydrogen-bond acceptors (Lipinski definition) is 3. The Bertz CT molecular complexity index is 564. The maximum absolute atomic E-state index is 12.1. The number of carbonyl (C=O) groups excluding carboxylic acids is 1. The molecule has 3 nitrogen and oxygen atoms in total.